The highest BCUT2D eigenvalue weighted by atomic mass is 16.5. The highest BCUT2D eigenvalue weighted by Gasteiger charge is 2.40. The molecular formula is C15H29NO2. The second-order valence-corrected chi connectivity index (χ2v) is 6.89. The first-order valence-corrected chi connectivity index (χ1v) is 7.50. The van der Waals surface area contributed by atoms with E-state index < -0.39 is 0 Å². The van der Waals surface area contributed by atoms with Crippen LogP contribution in [0.25, 0.3) is 0 Å². The summed E-state index contributed by atoms with van der Waals surface area (Å²) in [7, 11) is 0. The Morgan fingerprint density at radius 3 is 2.39 bits per heavy atom. The minimum Gasteiger partial charge on any atom is -0.381 e. The van der Waals surface area contributed by atoms with Gasteiger partial charge in [0.25, 0.3) is 0 Å². The lowest BCUT2D eigenvalue weighted by molar-refractivity contribution is -0.164. The Kier molecular flexibility index (Phi) is 4.68. The van der Waals surface area contributed by atoms with Gasteiger partial charge in [0.05, 0.1) is 11.7 Å². The van der Waals surface area contributed by atoms with Crippen molar-refractivity contribution in [3.8, 4) is 0 Å². The van der Waals surface area contributed by atoms with Crippen molar-refractivity contribution in [1.29, 1.82) is 0 Å². The van der Waals surface area contributed by atoms with Crippen LogP contribution in [0.5, 0.6) is 0 Å². The topological polar surface area (TPSA) is 30.5 Å². The van der Waals surface area contributed by atoms with Crippen LogP contribution in [0, 0.1) is 0 Å². The van der Waals surface area contributed by atoms with Crippen molar-refractivity contribution < 1.29 is 9.47 Å². The molecule has 18 heavy (non-hydrogen) atoms. The lowest BCUT2D eigenvalue weighted by atomic mass is 9.77. The molecule has 0 amide bonds. The fraction of sp³-hybridized carbons (Fsp3) is 1.00. The first kappa shape index (κ1) is 14.3. The van der Waals surface area contributed by atoms with Gasteiger partial charge in [0.15, 0.2) is 0 Å². The van der Waals surface area contributed by atoms with Crippen molar-refractivity contribution in [2.75, 3.05) is 19.8 Å². The second-order valence-electron chi connectivity index (χ2n) is 6.89. The lowest BCUT2D eigenvalue weighted by Crippen LogP contribution is -2.48. The van der Waals surface area contributed by atoms with Crippen molar-refractivity contribution in [1.82, 2.24) is 5.32 Å². The average Bonchev–Trinajstić information content (AvgIpc) is 2.25. The van der Waals surface area contributed by atoms with E-state index in [-0.39, 0.29) is 11.1 Å². The summed E-state index contributed by atoms with van der Waals surface area (Å²) in [6, 6.07) is 0. The zero-order valence-corrected chi connectivity index (χ0v) is 12.3. The maximum atomic E-state index is 6.41. The zero-order chi connectivity index (χ0) is 13.1. The smallest absolute Gasteiger partial charge is 0.0698 e. The van der Waals surface area contributed by atoms with Crippen LogP contribution in [0.3, 0.4) is 0 Å². The average molecular weight is 255 g/mol. The monoisotopic (exact) mass is 255 g/mol. The summed E-state index contributed by atoms with van der Waals surface area (Å²) in [4.78, 5) is 0. The van der Waals surface area contributed by atoms with E-state index >= 15 is 0 Å². The summed E-state index contributed by atoms with van der Waals surface area (Å²) in [6.07, 6.45) is 7.57. The number of hydrogen-bond donors (Lipinski definition) is 1. The molecule has 0 aromatic heterocycles. The Labute approximate surface area is 112 Å². The highest BCUT2D eigenvalue weighted by Crippen LogP contribution is 2.40. The molecule has 3 heteroatoms. The second kappa shape index (κ2) is 5.89. The van der Waals surface area contributed by atoms with Gasteiger partial charge >= 0.3 is 0 Å². The summed E-state index contributed by atoms with van der Waals surface area (Å²) in [5.41, 5.74) is 0.393. The standard InChI is InChI=1S/C15H29NO2/c1-14(2,3)16-10-9-15(7-4-8-15)18-13-5-11-17-12-6-13/h13,16H,4-12H2,1-3H3. The molecule has 1 saturated heterocycles. The minimum absolute atomic E-state index is 0.181. The molecular weight excluding hydrogens is 226 g/mol. The number of hydrogen-bond acceptors (Lipinski definition) is 3. The molecule has 2 rings (SSSR count). The van der Waals surface area contributed by atoms with Crippen LogP contribution in [0.1, 0.15) is 59.3 Å². The van der Waals surface area contributed by atoms with Gasteiger partial charge in [-0.3, -0.25) is 0 Å². The number of rotatable bonds is 5. The van der Waals surface area contributed by atoms with Gasteiger partial charge in [-0.25, -0.2) is 0 Å². The van der Waals surface area contributed by atoms with Crippen molar-refractivity contribution in [3.63, 3.8) is 0 Å². The van der Waals surface area contributed by atoms with Gasteiger partial charge in [-0.05, 0) is 65.8 Å². The predicted molar refractivity (Wildman–Crippen MR) is 73.9 cm³/mol. The van der Waals surface area contributed by atoms with Crippen molar-refractivity contribution in [3.05, 3.63) is 0 Å². The zero-order valence-electron chi connectivity index (χ0n) is 12.3. The molecule has 2 aliphatic rings. The molecule has 0 spiro atoms. The van der Waals surface area contributed by atoms with Crippen LogP contribution < -0.4 is 5.32 Å². The van der Waals surface area contributed by atoms with E-state index in [0.717, 1.165) is 39.0 Å². The summed E-state index contributed by atoms with van der Waals surface area (Å²) >= 11 is 0. The van der Waals surface area contributed by atoms with Crippen LogP contribution in [-0.4, -0.2) is 37.0 Å². The van der Waals surface area contributed by atoms with Crippen molar-refractivity contribution >= 4 is 0 Å². The molecule has 0 atom stereocenters. The first-order chi connectivity index (χ1) is 8.49. The molecule has 0 radical (unpaired) electrons. The molecule has 1 saturated carbocycles. The van der Waals surface area contributed by atoms with E-state index in [0.29, 0.717) is 6.10 Å². The van der Waals surface area contributed by atoms with Crippen LogP contribution in [0.15, 0.2) is 0 Å². The van der Waals surface area contributed by atoms with Crippen LogP contribution in [0.4, 0.5) is 0 Å². The Hall–Kier alpha value is -0.120. The third-order valence-corrected chi connectivity index (χ3v) is 4.09. The predicted octanol–water partition coefficient (Wildman–Crippen LogP) is 2.88. The largest absolute Gasteiger partial charge is 0.381 e. The Morgan fingerprint density at radius 1 is 1.22 bits per heavy atom. The molecule has 2 fully saturated rings. The SMILES string of the molecule is CC(C)(C)NCCC1(OC2CCOCC2)CCC1. The molecule has 1 aliphatic heterocycles. The molecule has 3 nitrogen and oxygen atoms in total. The quantitative estimate of drug-likeness (QED) is 0.819. The maximum Gasteiger partial charge on any atom is 0.0698 e. The molecule has 1 N–H and O–H groups in total. The van der Waals surface area contributed by atoms with E-state index in [1.54, 1.807) is 0 Å². The molecule has 106 valence electrons. The fourth-order valence-corrected chi connectivity index (χ4v) is 2.81. The molecule has 1 heterocycles. The molecule has 0 aromatic rings. The maximum absolute atomic E-state index is 6.41. The third kappa shape index (κ3) is 4.22. The normalized spacial score (nSPS) is 24.8. The van der Waals surface area contributed by atoms with Gasteiger partial charge < -0.3 is 14.8 Å². The molecule has 0 unspecified atom stereocenters. The van der Waals surface area contributed by atoms with Crippen LogP contribution in [0.2, 0.25) is 0 Å². The fourth-order valence-electron chi connectivity index (χ4n) is 2.81. The third-order valence-electron chi connectivity index (χ3n) is 4.09. The Bertz CT molecular complexity index is 250. The van der Waals surface area contributed by atoms with E-state index in [1.165, 1.54) is 19.3 Å². The molecule has 1 aliphatic carbocycles. The lowest BCUT2D eigenvalue weighted by Gasteiger charge is -2.45. The summed E-state index contributed by atoms with van der Waals surface area (Å²) in [6.45, 7) is 9.48. The summed E-state index contributed by atoms with van der Waals surface area (Å²) in [5, 5.41) is 3.58. The summed E-state index contributed by atoms with van der Waals surface area (Å²) in [5.74, 6) is 0. The number of nitrogens with one attached hydrogen (secondary N) is 1. The minimum atomic E-state index is 0.181. The molecule has 0 bridgehead atoms. The van der Waals surface area contributed by atoms with Gasteiger partial charge in [-0.2, -0.15) is 0 Å². The van der Waals surface area contributed by atoms with E-state index in [9.17, 15) is 0 Å². The highest BCUT2D eigenvalue weighted by molar-refractivity contribution is 4.92. The van der Waals surface area contributed by atoms with Gasteiger partial charge in [-0.1, -0.05) is 0 Å². The van der Waals surface area contributed by atoms with E-state index in [4.69, 9.17) is 9.47 Å². The molecule has 0 aromatic carbocycles. The Morgan fingerprint density at radius 2 is 1.89 bits per heavy atom. The van der Waals surface area contributed by atoms with Gasteiger partial charge in [0.2, 0.25) is 0 Å². The van der Waals surface area contributed by atoms with E-state index in [1.807, 2.05) is 0 Å². The van der Waals surface area contributed by atoms with Crippen LogP contribution >= 0.6 is 0 Å². The van der Waals surface area contributed by atoms with Crippen LogP contribution in [-0.2, 0) is 9.47 Å². The van der Waals surface area contributed by atoms with Gasteiger partial charge in [0.1, 0.15) is 0 Å². The van der Waals surface area contributed by atoms with Gasteiger partial charge in [0, 0.05) is 18.8 Å². The first-order valence-electron chi connectivity index (χ1n) is 7.50. The number of ether oxygens (including phenoxy) is 2. The Balaban J connectivity index is 1.75. The van der Waals surface area contributed by atoms with E-state index in [2.05, 4.69) is 26.1 Å². The van der Waals surface area contributed by atoms with Crippen molar-refractivity contribution in [2.45, 2.75) is 76.5 Å². The van der Waals surface area contributed by atoms with Gasteiger partial charge in [-0.15, -0.1) is 0 Å². The van der Waals surface area contributed by atoms with Crippen molar-refractivity contribution in [2.24, 2.45) is 0 Å². The summed E-state index contributed by atoms with van der Waals surface area (Å²) < 4.78 is 11.8.